The molecule has 0 aliphatic carbocycles. The van der Waals surface area contributed by atoms with Crippen molar-refractivity contribution in [2.24, 2.45) is 0 Å². The van der Waals surface area contributed by atoms with Crippen molar-refractivity contribution in [1.82, 2.24) is 9.80 Å². The van der Waals surface area contributed by atoms with Gasteiger partial charge in [-0.2, -0.15) is 0 Å². The van der Waals surface area contributed by atoms with Crippen molar-refractivity contribution >= 4 is 11.9 Å². The number of carbonyl (C=O) groups excluding carboxylic acids is 1. The number of nitrogens with zero attached hydrogens (tertiary/aromatic N) is 2. The lowest BCUT2D eigenvalue weighted by Gasteiger charge is -2.31. The van der Waals surface area contributed by atoms with E-state index in [4.69, 9.17) is 14.2 Å². The zero-order valence-corrected chi connectivity index (χ0v) is 19.5. The number of ketones is 1. The van der Waals surface area contributed by atoms with Crippen LogP contribution >= 0.6 is 0 Å². The molecule has 5 rings (SSSR count). The van der Waals surface area contributed by atoms with Crippen LogP contribution in [-0.2, 0) is 11.3 Å². The lowest BCUT2D eigenvalue weighted by molar-refractivity contribution is 0.0329. The maximum Gasteiger partial charge on any atom is 0.231 e. The van der Waals surface area contributed by atoms with Crippen LogP contribution in [-0.4, -0.2) is 61.7 Å². The molecule has 1 saturated heterocycles. The molecule has 0 saturated carbocycles. The van der Waals surface area contributed by atoms with Gasteiger partial charge in [0.05, 0.1) is 24.3 Å². The van der Waals surface area contributed by atoms with Crippen molar-refractivity contribution in [3.05, 3.63) is 64.4 Å². The van der Waals surface area contributed by atoms with Gasteiger partial charge in [0.2, 0.25) is 5.78 Å². The summed E-state index contributed by atoms with van der Waals surface area (Å²) in [5.41, 5.74) is 3.83. The molecule has 0 N–H and O–H groups in total. The second-order valence-corrected chi connectivity index (χ2v) is 9.31. The maximum absolute atomic E-state index is 13.0. The van der Waals surface area contributed by atoms with Crippen molar-refractivity contribution in [2.75, 3.05) is 46.1 Å². The Kier molecular flexibility index (Phi) is 6.49. The third kappa shape index (κ3) is 4.83. The highest BCUT2D eigenvalue weighted by Crippen LogP contribution is 2.42. The molecule has 6 heteroatoms. The highest BCUT2D eigenvalue weighted by atomic mass is 16.5. The van der Waals surface area contributed by atoms with Gasteiger partial charge in [0.15, 0.2) is 5.76 Å². The van der Waals surface area contributed by atoms with Gasteiger partial charge >= 0.3 is 0 Å². The van der Waals surface area contributed by atoms with Gasteiger partial charge < -0.3 is 14.2 Å². The topological polar surface area (TPSA) is 51.2 Å². The van der Waals surface area contributed by atoms with Crippen LogP contribution in [0.3, 0.4) is 0 Å². The third-order valence-corrected chi connectivity index (χ3v) is 6.64. The van der Waals surface area contributed by atoms with E-state index in [0.29, 0.717) is 29.7 Å². The van der Waals surface area contributed by atoms with Gasteiger partial charge in [-0.05, 0) is 48.2 Å². The molecule has 33 heavy (non-hydrogen) atoms. The van der Waals surface area contributed by atoms with Gasteiger partial charge in [-0.15, -0.1) is 0 Å². The minimum absolute atomic E-state index is 0.0647. The van der Waals surface area contributed by atoms with Crippen LogP contribution in [0, 0.1) is 0 Å². The minimum Gasteiger partial charge on any atom is -0.478 e. The fraction of sp³-hybridized carbons (Fsp3) is 0.444. The van der Waals surface area contributed by atoms with Gasteiger partial charge in [0.1, 0.15) is 18.2 Å². The van der Waals surface area contributed by atoms with Crippen molar-refractivity contribution in [1.29, 1.82) is 0 Å². The first-order valence-electron chi connectivity index (χ1n) is 11.9. The summed E-state index contributed by atoms with van der Waals surface area (Å²) >= 11 is 0. The van der Waals surface area contributed by atoms with Gasteiger partial charge in [0, 0.05) is 26.2 Å². The van der Waals surface area contributed by atoms with E-state index < -0.39 is 0 Å². The number of morpholine rings is 1. The average Bonchev–Trinajstić information content (AvgIpc) is 3.15. The molecule has 6 nitrogen and oxygen atoms in total. The molecule has 3 aliphatic rings. The van der Waals surface area contributed by atoms with Gasteiger partial charge in [-0.1, -0.05) is 38.1 Å². The predicted molar refractivity (Wildman–Crippen MR) is 128 cm³/mol. The van der Waals surface area contributed by atoms with Crippen LogP contribution in [0.15, 0.2) is 42.2 Å². The zero-order valence-electron chi connectivity index (χ0n) is 19.5. The van der Waals surface area contributed by atoms with Crippen molar-refractivity contribution in [3.8, 4) is 11.5 Å². The molecule has 2 aromatic rings. The summed E-state index contributed by atoms with van der Waals surface area (Å²) in [6.07, 6.45) is 2.91. The summed E-state index contributed by atoms with van der Waals surface area (Å²) in [5, 5.41) is 0. The Hall–Kier alpha value is -2.67. The van der Waals surface area contributed by atoms with E-state index >= 15 is 0 Å². The number of fused-ring (bicyclic) bond motifs is 3. The van der Waals surface area contributed by atoms with Crippen LogP contribution in [0.4, 0.5) is 0 Å². The molecule has 0 spiro atoms. The number of carbonyl (C=O) groups is 1. The fourth-order valence-electron chi connectivity index (χ4n) is 4.62. The van der Waals surface area contributed by atoms with Gasteiger partial charge in [0.25, 0.3) is 0 Å². The normalized spacial score (nSPS) is 20.0. The molecule has 0 bridgehead atoms. The van der Waals surface area contributed by atoms with E-state index in [9.17, 15) is 4.79 Å². The molecular formula is C27H32N2O4. The molecule has 174 valence electrons. The first kappa shape index (κ1) is 22.1. The fourth-order valence-corrected chi connectivity index (χ4v) is 4.62. The van der Waals surface area contributed by atoms with E-state index in [-0.39, 0.29) is 5.78 Å². The molecule has 0 unspecified atom stereocenters. The Bertz CT molecular complexity index is 1040. The molecule has 0 amide bonds. The molecule has 3 heterocycles. The Morgan fingerprint density at radius 3 is 2.52 bits per heavy atom. The highest BCUT2D eigenvalue weighted by molar-refractivity contribution is 6.15. The number of rotatable bonds is 6. The second kappa shape index (κ2) is 9.67. The molecule has 0 atom stereocenters. The lowest BCUT2D eigenvalue weighted by Crippen LogP contribution is -2.39. The van der Waals surface area contributed by atoms with Crippen molar-refractivity contribution in [3.63, 3.8) is 0 Å². The van der Waals surface area contributed by atoms with Crippen LogP contribution in [0.5, 0.6) is 11.5 Å². The predicted octanol–water partition coefficient (Wildman–Crippen LogP) is 4.30. The molecule has 3 aliphatic heterocycles. The molecular weight excluding hydrogens is 416 g/mol. The number of hydrogen-bond acceptors (Lipinski definition) is 6. The van der Waals surface area contributed by atoms with E-state index in [0.717, 1.165) is 69.2 Å². The number of allylic oxidation sites excluding steroid dienone is 1. The minimum atomic E-state index is -0.0647. The summed E-state index contributed by atoms with van der Waals surface area (Å²) in [5.74, 6) is 2.25. The maximum atomic E-state index is 13.0. The van der Waals surface area contributed by atoms with Gasteiger partial charge in [-0.25, -0.2) is 0 Å². The summed E-state index contributed by atoms with van der Waals surface area (Å²) in [6.45, 7) is 11.3. The number of benzene rings is 2. The quantitative estimate of drug-likeness (QED) is 0.614. The van der Waals surface area contributed by atoms with Crippen LogP contribution in [0.1, 0.15) is 53.2 Å². The zero-order chi connectivity index (χ0) is 22.8. The molecule has 2 aromatic carbocycles. The van der Waals surface area contributed by atoms with Crippen LogP contribution in [0.2, 0.25) is 0 Å². The van der Waals surface area contributed by atoms with E-state index in [2.05, 4.69) is 35.8 Å². The standard InChI is InChI=1S/C27H32N2O4/c1-19(2)21-6-4-20(5-7-21)16-25-26(30)22-8-9-24-23(27(22)33-25)17-29(18-32-24)11-3-10-28-12-14-31-15-13-28/h4-9,16,19H,3,10-15,17-18H2,1-2H3/b25-16-. The first-order valence-corrected chi connectivity index (χ1v) is 11.9. The third-order valence-electron chi connectivity index (χ3n) is 6.64. The van der Waals surface area contributed by atoms with E-state index in [1.165, 1.54) is 5.56 Å². The van der Waals surface area contributed by atoms with Crippen LogP contribution in [0.25, 0.3) is 6.08 Å². The smallest absolute Gasteiger partial charge is 0.231 e. The Labute approximate surface area is 195 Å². The number of hydrogen-bond donors (Lipinski definition) is 0. The summed E-state index contributed by atoms with van der Waals surface area (Å²) in [4.78, 5) is 17.8. The average molecular weight is 449 g/mol. The molecule has 1 fully saturated rings. The van der Waals surface area contributed by atoms with E-state index in [1.807, 2.05) is 30.3 Å². The number of Topliss-reactive ketones (excluding diaryl/α,β-unsaturated/α-hetero) is 1. The number of ether oxygens (including phenoxy) is 3. The largest absolute Gasteiger partial charge is 0.478 e. The Morgan fingerprint density at radius 2 is 1.76 bits per heavy atom. The van der Waals surface area contributed by atoms with Crippen LogP contribution < -0.4 is 9.47 Å². The molecule has 0 aromatic heterocycles. The Morgan fingerprint density at radius 1 is 1.00 bits per heavy atom. The van der Waals surface area contributed by atoms with Crippen molar-refractivity contribution < 1.29 is 19.0 Å². The summed E-state index contributed by atoms with van der Waals surface area (Å²) in [6, 6.07) is 12.0. The SMILES string of the molecule is CC(C)c1ccc(/C=C2\Oc3c(ccc4c3CN(CCCN3CCOCC3)CO4)C2=O)cc1. The molecule has 0 radical (unpaired) electrons. The van der Waals surface area contributed by atoms with E-state index in [1.54, 1.807) is 0 Å². The lowest BCUT2D eigenvalue weighted by atomic mass is 10.0. The van der Waals surface area contributed by atoms with Gasteiger partial charge in [-0.3, -0.25) is 14.6 Å². The monoisotopic (exact) mass is 448 g/mol. The first-order chi connectivity index (χ1) is 16.1. The highest BCUT2D eigenvalue weighted by Gasteiger charge is 2.33. The Balaban J connectivity index is 1.27. The summed E-state index contributed by atoms with van der Waals surface area (Å²) in [7, 11) is 0. The van der Waals surface area contributed by atoms with Crippen molar-refractivity contribution in [2.45, 2.75) is 32.7 Å². The second-order valence-electron chi connectivity index (χ2n) is 9.31. The summed E-state index contributed by atoms with van der Waals surface area (Å²) < 4.78 is 17.6.